The molecule has 1 rings (SSSR count). The van der Waals surface area contributed by atoms with Crippen LogP contribution in [0.5, 0.6) is 0 Å². The summed E-state index contributed by atoms with van der Waals surface area (Å²) in [7, 11) is 0. The van der Waals surface area contributed by atoms with Crippen LogP contribution in [0.3, 0.4) is 0 Å². The maximum Gasteiger partial charge on any atom is 0.0966 e. The first-order chi connectivity index (χ1) is 6.09. The summed E-state index contributed by atoms with van der Waals surface area (Å²) in [6, 6.07) is 0.513. The van der Waals surface area contributed by atoms with Gasteiger partial charge in [0.1, 0.15) is 0 Å². The van der Waals surface area contributed by atoms with E-state index in [1.807, 2.05) is 0 Å². The molecule has 2 heteroatoms. The first-order valence-corrected chi connectivity index (χ1v) is 5.42. The van der Waals surface area contributed by atoms with Gasteiger partial charge >= 0.3 is 0 Å². The molecule has 0 aromatic rings. The molecular weight excluding hydrogens is 160 g/mol. The first kappa shape index (κ1) is 10.6. The maximum absolute atomic E-state index is 5.83. The summed E-state index contributed by atoms with van der Waals surface area (Å²) >= 11 is 0. The molecule has 0 unspecified atom stereocenters. The van der Waals surface area contributed by atoms with Gasteiger partial charge in [0.15, 0.2) is 0 Å². The van der Waals surface area contributed by atoms with Crippen molar-refractivity contribution in [3.8, 4) is 0 Å². The Kier molecular flexibility index (Phi) is 3.76. The van der Waals surface area contributed by atoms with Crippen molar-refractivity contribution >= 4 is 5.84 Å². The van der Waals surface area contributed by atoms with E-state index in [0.717, 1.165) is 11.8 Å². The highest BCUT2D eigenvalue weighted by Gasteiger charge is 2.17. The highest BCUT2D eigenvalue weighted by atomic mass is 14.9. The summed E-state index contributed by atoms with van der Waals surface area (Å²) in [5.74, 6) is 2.13. The van der Waals surface area contributed by atoms with Crippen LogP contribution >= 0.6 is 0 Å². The fraction of sp³-hybridized carbons (Fsp3) is 0.909. The molecule has 2 N–H and O–H groups in total. The van der Waals surface area contributed by atoms with Crippen molar-refractivity contribution in [3.05, 3.63) is 0 Å². The largest absolute Gasteiger partial charge is 0.387 e. The van der Waals surface area contributed by atoms with Gasteiger partial charge in [-0.15, -0.1) is 0 Å². The van der Waals surface area contributed by atoms with Crippen LogP contribution in [0.1, 0.15) is 46.5 Å². The van der Waals surface area contributed by atoms with Crippen LogP contribution in [0.15, 0.2) is 4.99 Å². The van der Waals surface area contributed by atoms with Crippen molar-refractivity contribution in [1.29, 1.82) is 0 Å². The minimum atomic E-state index is 0.402. The molecule has 76 valence electrons. The molecule has 1 fully saturated rings. The van der Waals surface area contributed by atoms with E-state index in [-0.39, 0.29) is 0 Å². The Morgan fingerprint density at radius 1 is 1.23 bits per heavy atom. The lowest BCUT2D eigenvalue weighted by Gasteiger charge is -2.24. The third kappa shape index (κ3) is 3.37. The molecule has 13 heavy (non-hydrogen) atoms. The second kappa shape index (κ2) is 4.64. The molecule has 0 heterocycles. The third-order valence-electron chi connectivity index (χ3n) is 2.91. The third-order valence-corrected chi connectivity index (χ3v) is 2.91. The van der Waals surface area contributed by atoms with E-state index < -0.39 is 0 Å². The summed E-state index contributed by atoms with van der Waals surface area (Å²) in [6.07, 6.45) is 5.10. The van der Waals surface area contributed by atoms with Gasteiger partial charge in [0, 0.05) is 5.92 Å². The molecule has 0 spiro atoms. The SMILES string of the molecule is CC1CCC(N=C(N)C(C)C)CC1. The van der Waals surface area contributed by atoms with Crippen LogP contribution < -0.4 is 5.73 Å². The Hall–Kier alpha value is -0.530. The van der Waals surface area contributed by atoms with Gasteiger partial charge in [-0.1, -0.05) is 20.8 Å². The number of hydrogen-bond donors (Lipinski definition) is 1. The maximum atomic E-state index is 5.83. The molecule has 0 bridgehead atoms. The van der Waals surface area contributed by atoms with E-state index >= 15 is 0 Å². The lowest BCUT2D eigenvalue weighted by atomic mass is 9.87. The van der Waals surface area contributed by atoms with E-state index in [4.69, 9.17) is 5.73 Å². The molecule has 1 aliphatic carbocycles. The average Bonchev–Trinajstić information content (AvgIpc) is 2.08. The smallest absolute Gasteiger partial charge is 0.0966 e. The van der Waals surface area contributed by atoms with Crippen molar-refractivity contribution in [1.82, 2.24) is 0 Å². The van der Waals surface area contributed by atoms with Crippen molar-refractivity contribution < 1.29 is 0 Å². The second-order valence-electron chi connectivity index (χ2n) is 4.62. The molecule has 0 amide bonds. The van der Waals surface area contributed by atoms with Gasteiger partial charge in [-0.25, -0.2) is 0 Å². The van der Waals surface area contributed by atoms with Gasteiger partial charge in [-0.3, -0.25) is 4.99 Å². The normalized spacial score (nSPS) is 30.9. The lowest BCUT2D eigenvalue weighted by Crippen LogP contribution is -2.24. The number of amidine groups is 1. The number of aliphatic imine (C=N–C) groups is 1. The van der Waals surface area contributed by atoms with Gasteiger partial charge in [-0.2, -0.15) is 0 Å². The summed E-state index contributed by atoms with van der Waals surface area (Å²) in [5.41, 5.74) is 5.83. The van der Waals surface area contributed by atoms with Crippen LogP contribution in [-0.2, 0) is 0 Å². The Bertz CT molecular complexity index is 177. The van der Waals surface area contributed by atoms with E-state index in [1.165, 1.54) is 25.7 Å². The van der Waals surface area contributed by atoms with E-state index in [9.17, 15) is 0 Å². The monoisotopic (exact) mass is 182 g/mol. The van der Waals surface area contributed by atoms with Gasteiger partial charge in [0.05, 0.1) is 11.9 Å². The van der Waals surface area contributed by atoms with E-state index in [2.05, 4.69) is 25.8 Å². The van der Waals surface area contributed by atoms with Gasteiger partial charge in [0.2, 0.25) is 0 Å². The molecular formula is C11H22N2. The zero-order chi connectivity index (χ0) is 9.84. The quantitative estimate of drug-likeness (QED) is 0.517. The molecule has 1 aliphatic rings. The zero-order valence-electron chi connectivity index (χ0n) is 9.09. The van der Waals surface area contributed by atoms with Gasteiger partial charge in [0.25, 0.3) is 0 Å². The molecule has 0 radical (unpaired) electrons. The van der Waals surface area contributed by atoms with Crippen LogP contribution in [0.4, 0.5) is 0 Å². The van der Waals surface area contributed by atoms with E-state index in [0.29, 0.717) is 12.0 Å². The summed E-state index contributed by atoms with van der Waals surface area (Å²) in [4.78, 5) is 4.56. The molecule has 0 aromatic carbocycles. The Labute approximate surface area is 81.6 Å². The predicted octanol–water partition coefficient (Wildman–Crippen LogP) is 2.58. The van der Waals surface area contributed by atoms with Gasteiger partial charge in [-0.05, 0) is 31.6 Å². The Balaban J connectivity index is 2.41. The molecule has 0 atom stereocenters. The summed E-state index contributed by atoms with van der Waals surface area (Å²) in [5, 5.41) is 0. The van der Waals surface area contributed by atoms with Crippen LogP contribution in [0.2, 0.25) is 0 Å². The van der Waals surface area contributed by atoms with Crippen molar-refractivity contribution in [2.75, 3.05) is 0 Å². The fourth-order valence-electron chi connectivity index (χ4n) is 1.73. The molecule has 0 aromatic heterocycles. The van der Waals surface area contributed by atoms with Crippen LogP contribution in [-0.4, -0.2) is 11.9 Å². The minimum absolute atomic E-state index is 0.402. The van der Waals surface area contributed by atoms with Crippen LogP contribution in [0.25, 0.3) is 0 Å². The lowest BCUT2D eigenvalue weighted by molar-refractivity contribution is 0.348. The standard InChI is InChI=1S/C11H22N2/c1-8(2)11(12)13-10-6-4-9(3)5-7-10/h8-10H,4-7H2,1-3H3,(H2,12,13). The summed E-state index contributed by atoms with van der Waals surface area (Å²) < 4.78 is 0. The van der Waals surface area contributed by atoms with Crippen molar-refractivity contribution in [3.63, 3.8) is 0 Å². The molecule has 2 nitrogen and oxygen atoms in total. The van der Waals surface area contributed by atoms with Crippen molar-refractivity contribution in [2.24, 2.45) is 22.6 Å². The average molecular weight is 182 g/mol. The summed E-state index contributed by atoms with van der Waals surface area (Å²) in [6.45, 7) is 6.53. The van der Waals surface area contributed by atoms with Crippen LogP contribution in [0, 0.1) is 11.8 Å². The topological polar surface area (TPSA) is 38.4 Å². The van der Waals surface area contributed by atoms with E-state index in [1.54, 1.807) is 0 Å². The zero-order valence-corrected chi connectivity index (χ0v) is 9.09. The first-order valence-electron chi connectivity index (χ1n) is 5.42. The highest BCUT2D eigenvalue weighted by molar-refractivity contribution is 5.82. The second-order valence-corrected chi connectivity index (χ2v) is 4.62. The number of nitrogens with zero attached hydrogens (tertiary/aromatic N) is 1. The van der Waals surface area contributed by atoms with Crippen molar-refractivity contribution in [2.45, 2.75) is 52.5 Å². The predicted molar refractivity (Wildman–Crippen MR) is 57.9 cm³/mol. The number of rotatable bonds is 2. The molecule has 1 saturated carbocycles. The number of nitrogens with two attached hydrogens (primary N) is 1. The molecule has 0 saturated heterocycles. The Morgan fingerprint density at radius 2 is 1.77 bits per heavy atom. The van der Waals surface area contributed by atoms with Gasteiger partial charge < -0.3 is 5.73 Å². The Morgan fingerprint density at radius 3 is 2.23 bits per heavy atom. The highest BCUT2D eigenvalue weighted by Crippen LogP contribution is 2.25. The number of hydrogen-bond acceptors (Lipinski definition) is 1. The minimum Gasteiger partial charge on any atom is -0.387 e. The fourth-order valence-corrected chi connectivity index (χ4v) is 1.73. The molecule has 0 aliphatic heterocycles.